The molecule has 0 radical (unpaired) electrons. The van der Waals surface area contributed by atoms with Crippen LogP contribution in [0.5, 0.6) is 0 Å². The van der Waals surface area contributed by atoms with Crippen LogP contribution in [-0.2, 0) is 10.3 Å². The molecular formula is C19H19F3N2O2. The molecule has 0 aromatic heterocycles. The summed E-state index contributed by atoms with van der Waals surface area (Å²) in [5.41, 5.74) is -2.26. The number of nitrogens with one attached hydrogen (secondary N) is 1. The monoisotopic (exact) mass is 364 g/mol. The van der Waals surface area contributed by atoms with Crippen LogP contribution >= 0.6 is 0 Å². The number of anilines is 2. The van der Waals surface area contributed by atoms with Gasteiger partial charge in [-0.15, -0.1) is 0 Å². The van der Waals surface area contributed by atoms with Crippen molar-refractivity contribution in [3.63, 3.8) is 0 Å². The van der Waals surface area contributed by atoms with Crippen molar-refractivity contribution in [2.45, 2.75) is 43.9 Å². The fourth-order valence-electron chi connectivity index (χ4n) is 3.42. The van der Waals surface area contributed by atoms with Crippen LogP contribution in [-0.4, -0.2) is 25.4 Å². The number of hydrogen-bond acceptors (Lipinski definition) is 3. The van der Waals surface area contributed by atoms with Gasteiger partial charge in [0.25, 0.3) is 5.60 Å². The molecule has 1 aliphatic carbocycles. The third-order valence-electron chi connectivity index (χ3n) is 5.02. The number of carbonyl (C=O) groups excluding carboxylic acids is 1. The van der Waals surface area contributed by atoms with Crippen molar-refractivity contribution in [2.75, 3.05) is 23.3 Å². The summed E-state index contributed by atoms with van der Waals surface area (Å²) in [6.45, 7) is 1.61. The third-order valence-corrected chi connectivity index (χ3v) is 5.02. The molecule has 0 bridgehead atoms. The molecule has 2 fully saturated rings. The molecule has 1 atom stereocenters. The average Bonchev–Trinajstić information content (AvgIpc) is 3.43. The summed E-state index contributed by atoms with van der Waals surface area (Å²) in [5, 5.41) is 2.37. The van der Waals surface area contributed by atoms with Crippen LogP contribution in [0, 0.1) is 17.8 Å². The van der Waals surface area contributed by atoms with E-state index in [1.807, 2.05) is 0 Å². The molecular weight excluding hydrogens is 345 g/mol. The Bertz CT molecular complexity index is 786. The van der Waals surface area contributed by atoms with Crippen molar-refractivity contribution in [3.05, 3.63) is 23.8 Å². The molecule has 0 unspecified atom stereocenters. The lowest BCUT2D eigenvalue weighted by molar-refractivity contribution is -0.239. The highest BCUT2D eigenvalue weighted by Crippen LogP contribution is 2.48. The Hall–Kier alpha value is -2.36. The largest absolute Gasteiger partial charge is 0.445 e. The average molecular weight is 364 g/mol. The summed E-state index contributed by atoms with van der Waals surface area (Å²) >= 11 is 0. The third kappa shape index (κ3) is 2.98. The molecule has 1 saturated heterocycles. The number of nitrogens with zero attached hydrogens (tertiary/aromatic N) is 1. The van der Waals surface area contributed by atoms with Gasteiger partial charge in [-0.1, -0.05) is 5.92 Å². The molecule has 1 amide bonds. The standard InChI is InChI=1S/C19H19F3N2O2/c20-19(21,22)18(9-8-13-4-5-13)15-12-14(24-10-2-1-3-11-24)6-7-16(15)23-17(25)26-18/h6-7,12-13H,1-5,10-11H2,(H,23,25)/t18-/m0/s1. The minimum Gasteiger partial charge on any atom is -0.415 e. The Labute approximate surface area is 149 Å². The number of carbonyl (C=O) groups is 1. The number of hydrogen-bond donors (Lipinski definition) is 1. The molecule has 4 nitrogen and oxygen atoms in total. The molecule has 138 valence electrons. The second-order valence-electron chi connectivity index (χ2n) is 7.01. The van der Waals surface area contributed by atoms with Gasteiger partial charge in [-0.25, -0.2) is 4.79 Å². The van der Waals surface area contributed by atoms with E-state index in [-0.39, 0.29) is 17.2 Å². The maximum Gasteiger partial charge on any atom is 0.445 e. The Kier molecular flexibility index (Phi) is 4.02. The van der Waals surface area contributed by atoms with Crippen LogP contribution in [0.4, 0.5) is 29.3 Å². The summed E-state index contributed by atoms with van der Waals surface area (Å²) in [5.74, 6) is 4.88. The van der Waals surface area contributed by atoms with Crippen LogP contribution in [0.3, 0.4) is 0 Å². The summed E-state index contributed by atoms with van der Waals surface area (Å²) in [6, 6.07) is 4.72. The SMILES string of the molecule is O=C1Nc2ccc(N3CCCCC3)cc2[C@@](C#CC2CC2)(C(F)(F)F)O1. The first-order chi connectivity index (χ1) is 12.4. The predicted molar refractivity (Wildman–Crippen MR) is 90.8 cm³/mol. The number of benzene rings is 1. The van der Waals surface area contributed by atoms with Gasteiger partial charge in [0.05, 0.1) is 5.69 Å². The van der Waals surface area contributed by atoms with E-state index in [1.165, 1.54) is 12.1 Å². The second kappa shape index (κ2) is 6.11. The van der Waals surface area contributed by atoms with Crippen molar-refractivity contribution < 1.29 is 22.7 Å². The minimum atomic E-state index is -4.83. The van der Waals surface area contributed by atoms with Crippen LogP contribution in [0.15, 0.2) is 18.2 Å². The number of cyclic esters (lactones) is 1. The molecule has 3 aliphatic rings. The summed E-state index contributed by atoms with van der Waals surface area (Å²) in [6.07, 6.45) is -1.25. The Morgan fingerprint density at radius 3 is 2.58 bits per heavy atom. The van der Waals surface area contributed by atoms with Crippen molar-refractivity contribution in [2.24, 2.45) is 5.92 Å². The van der Waals surface area contributed by atoms with Gasteiger partial charge in [-0.05, 0) is 56.2 Å². The lowest BCUT2D eigenvalue weighted by atomic mass is 9.89. The number of fused-ring (bicyclic) bond motifs is 1. The smallest absolute Gasteiger partial charge is 0.415 e. The van der Waals surface area contributed by atoms with Gasteiger partial charge in [0, 0.05) is 30.3 Å². The highest BCUT2D eigenvalue weighted by molar-refractivity contribution is 5.90. The lowest BCUT2D eigenvalue weighted by Crippen LogP contribution is -2.49. The van der Waals surface area contributed by atoms with Gasteiger partial charge in [-0.3, -0.25) is 5.32 Å². The van der Waals surface area contributed by atoms with Crippen LogP contribution in [0.2, 0.25) is 0 Å². The number of piperidine rings is 1. The number of ether oxygens (including phenoxy) is 1. The van der Waals surface area contributed by atoms with Crippen molar-refractivity contribution in [1.29, 1.82) is 0 Å². The first-order valence-corrected chi connectivity index (χ1v) is 8.88. The quantitative estimate of drug-likeness (QED) is 0.751. The number of amides is 1. The van der Waals surface area contributed by atoms with Crippen LogP contribution in [0.25, 0.3) is 0 Å². The fraction of sp³-hybridized carbons (Fsp3) is 0.526. The zero-order valence-electron chi connectivity index (χ0n) is 14.2. The molecule has 1 N–H and O–H groups in total. The minimum absolute atomic E-state index is 0.0449. The second-order valence-corrected chi connectivity index (χ2v) is 7.01. The van der Waals surface area contributed by atoms with Gasteiger partial charge in [0.2, 0.25) is 0 Å². The molecule has 1 saturated carbocycles. The van der Waals surface area contributed by atoms with Gasteiger partial charge < -0.3 is 9.64 Å². The fourth-order valence-corrected chi connectivity index (χ4v) is 3.42. The van der Waals surface area contributed by atoms with E-state index in [2.05, 4.69) is 22.1 Å². The van der Waals surface area contributed by atoms with Crippen LogP contribution < -0.4 is 10.2 Å². The van der Waals surface area contributed by atoms with E-state index < -0.39 is 17.9 Å². The normalized spacial score (nSPS) is 25.5. The molecule has 1 aromatic rings. The van der Waals surface area contributed by atoms with Gasteiger partial charge >= 0.3 is 12.3 Å². The molecule has 4 rings (SSSR count). The maximum absolute atomic E-state index is 14.1. The molecule has 1 aromatic carbocycles. The molecule has 2 heterocycles. The highest BCUT2D eigenvalue weighted by Gasteiger charge is 2.62. The number of halogens is 3. The van der Waals surface area contributed by atoms with E-state index in [4.69, 9.17) is 4.74 Å². The molecule has 26 heavy (non-hydrogen) atoms. The van der Waals surface area contributed by atoms with E-state index in [0.717, 1.165) is 45.2 Å². The zero-order chi connectivity index (χ0) is 18.4. The lowest BCUT2D eigenvalue weighted by Gasteiger charge is -2.37. The molecule has 0 spiro atoms. The van der Waals surface area contributed by atoms with Crippen molar-refractivity contribution in [3.8, 4) is 11.8 Å². The van der Waals surface area contributed by atoms with E-state index in [0.29, 0.717) is 5.69 Å². The topological polar surface area (TPSA) is 41.6 Å². The summed E-state index contributed by atoms with van der Waals surface area (Å²) in [4.78, 5) is 13.9. The zero-order valence-corrected chi connectivity index (χ0v) is 14.2. The van der Waals surface area contributed by atoms with E-state index in [1.54, 1.807) is 6.07 Å². The Morgan fingerprint density at radius 1 is 1.19 bits per heavy atom. The highest BCUT2D eigenvalue weighted by atomic mass is 19.4. The molecule has 2 aliphatic heterocycles. The number of rotatable bonds is 1. The van der Waals surface area contributed by atoms with E-state index >= 15 is 0 Å². The molecule has 7 heteroatoms. The van der Waals surface area contributed by atoms with Crippen molar-refractivity contribution in [1.82, 2.24) is 0 Å². The van der Waals surface area contributed by atoms with Gasteiger partial charge in [-0.2, -0.15) is 13.2 Å². The number of alkyl halides is 3. The summed E-state index contributed by atoms with van der Waals surface area (Å²) < 4.78 is 47.0. The van der Waals surface area contributed by atoms with E-state index in [9.17, 15) is 18.0 Å². The van der Waals surface area contributed by atoms with Gasteiger partial charge in [0.1, 0.15) is 0 Å². The van der Waals surface area contributed by atoms with Crippen LogP contribution in [0.1, 0.15) is 37.7 Å². The van der Waals surface area contributed by atoms with Crippen molar-refractivity contribution >= 4 is 17.5 Å². The predicted octanol–water partition coefficient (Wildman–Crippen LogP) is 4.41. The van der Waals surface area contributed by atoms with Gasteiger partial charge in [0.15, 0.2) is 0 Å². The Balaban J connectivity index is 1.83. The first kappa shape index (κ1) is 17.1. The first-order valence-electron chi connectivity index (χ1n) is 8.88. The summed E-state index contributed by atoms with van der Waals surface area (Å²) in [7, 11) is 0. The Morgan fingerprint density at radius 2 is 1.92 bits per heavy atom. The maximum atomic E-state index is 14.1.